The Hall–Kier alpha value is -2.78. The summed E-state index contributed by atoms with van der Waals surface area (Å²) in [5, 5.41) is 18.6. The van der Waals surface area contributed by atoms with Crippen molar-refractivity contribution < 1.29 is 14.7 Å². The zero-order chi connectivity index (χ0) is 25.4. The molecule has 1 saturated heterocycles. The highest BCUT2D eigenvalue weighted by molar-refractivity contribution is 7.20. The predicted molar refractivity (Wildman–Crippen MR) is 145 cm³/mol. The minimum atomic E-state index is -0.897. The molecule has 1 aliphatic carbocycles. The Bertz CT molecular complexity index is 1270. The number of aromatic nitrogens is 2. The van der Waals surface area contributed by atoms with Crippen molar-refractivity contribution in [1.29, 1.82) is 0 Å². The van der Waals surface area contributed by atoms with Gasteiger partial charge in [0.2, 0.25) is 0 Å². The van der Waals surface area contributed by atoms with E-state index in [0.29, 0.717) is 21.6 Å². The van der Waals surface area contributed by atoms with Crippen molar-refractivity contribution in [2.45, 2.75) is 64.0 Å². The SMILES string of the molecule is Cc1nn(C2CCCCC2)c2sc(C(=O)Nc3ccc(N4CCC(N(C)C(=O)O)CC4)c(Cl)c3)cc12. The van der Waals surface area contributed by atoms with Crippen molar-refractivity contribution in [2.24, 2.45) is 0 Å². The first-order valence-corrected chi connectivity index (χ1v) is 13.8. The first-order chi connectivity index (χ1) is 17.3. The van der Waals surface area contributed by atoms with E-state index in [2.05, 4.69) is 14.9 Å². The number of anilines is 2. The van der Waals surface area contributed by atoms with Crippen LogP contribution in [0.4, 0.5) is 16.2 Å². The summed E-state index contributed by atoms with van der Waals surface area (Å²) in [6, 6.07) is 7.97. The fourth-order valence-corrected chi connectivity index (χ4v) is 6.87. The molecule has 3 heterocycles. The number of carbonyl (C=O) groups is 2. The van der Waals surface area contributed by atoms with Gasteiger partial charge in [-0.2, -0.15) is 5.10 Å². The standard InChI is InChI=1S/C26H32ClN5O3S/c1-16-20-15-23(36-25(20)32(29-16)19-6-4-3-5-7-19)24(33)28-17-8-9-22(21(27)14-17)31-12-10-18(11-13-31)30(2)26(34)35/h8-9,14-15,18-19H,3-7,10-13H2,1-2H3,(H,28,33)(H,34,35). The number of carbonyl (C=O) groups excluding carboxylic acids is 1. The van der Waals surface area contributed by atoms with E-state index in [1.807, 2.05) is 25.1 Å². The van der Waals surface area contributed by atoms with Crippen LogP contribution in [0, 0.1) is 6.92 Å². The summed E-state index contributed by atoms with van der Waals surface area (Å²) in [5.41, 5.74) is 2.52. The lowest BCUT2D eigenvalue weighted by Gasteiger charge is -2.37. The monoisotopic (exact) mass is 529 g/mol. The smallest absolute Gasteiger partial charge is 0.407 e. The normalized spacial score (nSPS) is 17.5. The largest absolute Gasteiger partial charge is 0.465 e. The van der Waals surface area contributed by atoms with Crippen molar-refractivity contribution in [2.75, 3.05) is 30.4 Å². The van der Waals surface area contributed by atoms with E-state index in [-0.39, 0.29) is 11.9 Å². The molecule has 1 aromatic carbocycles. The van der Waals surface area contributed by atoms with Gasteiger partial charge >= 0.3 is 6.09 Å². The zero-order valence-corrected chi connectivity index (χ0v) is 22.2. The van der Waals surface area contributed by atoms with Gasteiger partial charge < -0.3 is 20.2 Å². The molecule has 3 aromatic rings. The summed E-state index contributed by atoms with van der Waals surface area (Å²) in [6.07, 6.45) is 6.66. The quantitative estimate of drug-likeness (QED) is 0.399. The fourth-order valence-electron chi connectivity index (χ4n) is 5.44. The number of hydrogen-bond donors (Lipinski definition) is 2. The Morgan fingerprint density at radius 2 is 1.86 bits per heavy atom. The van der Waals surface area contributed by atoms with Crippen LogP contribution in [0.3, 0.4) is 0 Å². The number of carboxylic acid groups (broad SMARTS) is 1. The van der Waals surface area contributed by atoms with Crippen LogP contribution in [0.15, 0.2) is 24.3 Å². The number of aryl methyl sites for hydroxylation is 1. The maximum Gasteiger partial charge on any atom is 0.407 e. The molecule has 1 aliphatic heterocycles. The molecule has 192 valence electrons. The molecular weight excluding hydrogens is 498 g/mol. The maximum absolute atomic E-state index is 13.1. The number of nitrogens with zero attached hydrogens (tertiary/aromatic N) is 4. The third-order valence-corrected chi connectivity index (χ3v) is 9.00. The van der Waals surface area contributed by atoms with E-state index in [1.165, 1.54) is 35.5 Å². The van der Waals surface area contributed by atoms with Gasteiger partial charge in [0.25, 0.3) is 5.91 Å². The van der Waals surface area contributed by atoms with Crippen LogP contribution in [0.2, 0.25) is 5.02 Å². The van der Waals surface area contributed by atoms with Crippen LogP contribution in [-0.4, -0.2) is 58.0 Å². The third kappa shape index (κ3) is 4.91. The Labute approximate surface area is 219 Å². The minimum absolute atomic E-state index is 0.0197. The third-order valence-electron chi connectivity index (χ3n) is 7.57. The lowest BCUT2D eigenvalue weighted by molar-refractivity contribution is 0.103. The maximum atomic E-state index is 13.1. The number of hydrogen-bond acceptors (Lipinski definition) is 5. The molecule has 5 rings (SSSR count). The van der Waals surface area contributed by atoms with E-state index in [0.717, 1.165) is 60.4 Å². The summed E-state index contributed by atoms with van der Waals surface area (Å²) in [7, 11) is 1.62. The zero-order valence-electron chi connectivity index (χ0n) is 20.7. The molecule has 2 aromatic heterocycles. The van der Waals surface area contributed by atoms with Gasteiger partial charge in [-0.1, -0.05) is 30.9 Å². The first-order valence-electron chi connectivity index (χ1n) is 12.6. The number of benzene rings is 1. The van der Waals surface area contributed by atoms with Gasteiger partial charge in [-0.25, -0.2) is 4.79 Å². The highest BCUT2D eigenvalue weighted by Gasteiger charge is 2.26. The van der Waals surface area contributed by atoms with Crippen molar-refractivity contribution in [1.82, 2.24) is 14.7 Å². The highest BCUT2D eigenvalue weighted by atomic mass is 35.5. The van der Waals surface area contributed by atoms with Crippen LogP contribution in [-0.2, 0) is 0 Å². The molecule has 0 radical (unpaired) electrons. The van der Waals surface area contributed by atoms with Crippen molar-refractivity contribution >= 4 is 56.5 Å². The molecular formula is C26H32ClN5O3S. The van der Waals surface area contributed by atoms with Crippen LogP contribution in [0.25, 0.3) is 10.2 Å². The highest BCUT2D eigenvalue weighted by Crippen LogP contribution is 2.36. The second-order valence-corrected chi connectivity index (χ2v) is 11.3. The van der Waals surface area contributed by atoms with Crippen molar-refractivity contribution in [3.8, 4) is 0 Å². The van der Waals surface area contributed by atoms with Crippen molar-refractivity contribution in [3.63, 3.8) is 0 Å². The minimum Gasteiger partial charge on any atom is -0.465 e. The Kier molecular flexibility index (Phi) is 7.12. The van der Waals surface area contributed by atoms with E-state index in [4.69, 9.17) is 16.7 Å². The van der Waals surface area contributed by atoms with Gasteiger partial charge in [0.05, 0.1) is 27.3 Å². The number of piperidine rings is 1. The summed E-state index contributed by atoms with van der Waals surface area (Å²) in [4.78, 5) is 29.6. The summed E-state index contributed by atoms with van der Waals surface area (Å²) < 4.78 is 2.15. The van der Waals surface area contributed by atoms with Gasteiger partial charge in [0.15, 0.2) is 0 Å². The van der Waals surface area contributed by atoms with Gasteiger partial charge in [-0.15, -0.1) is 11.3 Å². The van der Waals surface area contributed by atoms with Gasteiger partial charge in [-0.3, -0.25) is 9.48 Å². The van der Waals surface area contributed by atoms with Crippen LogP contribution >= 0.6 is 22.9 Å². The van der Waals surface area contributed by atoms with Gasteiger partial charge in [0.1, 0.15) is 4.83 Å². The first kappa shape index (κ1) is 24.9. The van der Waals surface area contributed by atoms with E-state index < -0.39 is 6.09 Å². The van der Waals surface area contributed by atoms with E-state index in [1.54, 1.807) is 13.1 Å². The lowest BCUT2D eigenvalue weighted by Crippen LogP contribution is -2.45. The van der Waals surface area contributed by atoms with Crippen LogP contribution in [0.5, 0.6) is 0 Å². The molecule has 8 nitrogen and oxygen atoms in total. The molecule has 2 fully saturated rings. The topological polar surface area (TPSA) is 90.7 Å². The molecule has 2 amide bonds. The predicted octanol–water partition coefficient (Wildman–Crippen LogP) is 6.40. The number of nitrogens with one attached hydrogen (secondary N) is 1. The summed E-state index contributed by atoms with van der Waals surface area (Å²) in [6.45, 7) is 3.47. The van der Waals surface area contributed by atoms with E-state index in [9.17, 15) is 14.7 Å². The molecule has 0 bridgehead atoms. The molecule has 2 aliphatic rings. The lowest BCUT2D eigenvalue weighted by atomic mass is 9.96. The number of amides is 2. The van der Waals surface area contributed by atoms with Crippen LogP contribution < -0.4 is 10.2 Å². The molecule has 0 atom stereocenters. The molecule has 0 unspecified atom stereocenters. The molecule has 0 spiro atoms. The average molecular weight is 530 g/mol. The Balaban J connectivity index is 1.27. The Morgan fingerprint density at radius 1 is 1.14 bits per heavy atom. The van der Waals surface area contributed by atoms with Crippen molar-refractivity contribution in [3.05, 3.63) is 39.9 Å². The summed E-state index contributed by atoms with van der Waals surface area (Å²) in [5.74, 6) is -0.146. The molecule has 10 heteroatoms. The van der Waals surface area contributed by atoms with Crippen LogP contribution in [0.1, 0.15) is 66.4 Å². The number of thiophene rings is 1. The van der Waals surface area contributed by atoms with Gasteiger partial charge in [-0.05, 0) is 56.9 Å². The molecule has 2 N–H and O–H groups in total. The number of rotatable bonds is 5. The number of fused-ring (bicyclic) bond motifs is 1. The number of halogens is 1. The van der Waals surface area contributed by atoms with Gasteiger partial charge in [0, 0.05) is 37.3 Å². The summed E-state index contributed by atoms with van der Waals surface area (Å²) >= 11 is 8.11. The second-order valence-electron chi connectivity index (χ2n) is 9.88. The van der Waals surface area contributed by atoms with E-state index >= 15 is 0 Å². The second kappa shape index (κ2) is 10.3. The molecule has 1 saturated carbocycles. The molecule has 36 heavy (non-hydrogen) atoms. The average Bonchev–Trinajstić information content (AvgIpc) is 3.45. The Morgan fingerprint density at radius 3 is 2.53 bits per heavy atom. The fraction of sp³-hybridized carbons (Fsp3) is 0.500.